The highest BCUT2D eigenvalue weighted by molar-refractivity contribution is 8.00. The number of benzene rings is 1. The van der Waals surface area contributed by atoms with E-state index in [1.807, 2.05) is 29.4 Å². The van der Waals surface area contributed by atoms with Gasteiger partial charge in [0.1, 0.15) is 12.1 Å². The van der Waals surface area contributed by atoms with E-state index in [0.717, 1.165) is 44.9 Å². The summed E-state index contributed by atoms with van der Waals surface area (Å²) < 4.78 is 2.00. The Morgan fingerprint density at radius 2 is 1.93 bits per heavy atom. The zero-order valence-corrected chi connectivity index (χ0v) is 18.6. The summed E-state index contributed by atoms with van der Waals surface area (Å²) in [4.78, 5) is 22.8. The molecule has 2 N–H and O–H groups in total. The predicted molar refractivity (Wildman–Crippen MR) is 120 cm³/mol. The van der Waals surface area contributed by atoms with Crippen molar-refractivity contribution in [2.45, 2.75) is 69.4 Å². The van der Waals surface area contributed by atoms with Gasteiger partial charge in [-0.1, -0.05) is 26.7 Å². The Bertz CT molecular complexity index is 1160. The quantitative estimate of drug-likeness (QED) is 0.647. The molecular weight excluding hydrogens is 394 g/mol. The monoisotopic (exact) mass is 421 g/mol. The van der Waals surface area contributed by atoms with Crippen molar-refractivity contribution in [2.75, 3.05) is 5.73 Å². The fraction of sp³-hybridized carbons (Fsp3) is 0.478. The highest BCUT2D eigenvalue weighted by Crippen LogP contribution is 2.43. The molecule has 7 heteroatoms. The van der Waals surface area contributed by atoms with Gasteiger partial charge in [0.2, 0.25) is 0 Å². The van der Waals surface area contributed by atoms with Crippen LogP contribution in [0.1, 0.15) is 67.7 Å². The largest absolute Gasteiger partial charge is 0.383 e. The number of Topliss-reactive ketones (excluding diaryl/α,β-unsaturated/α-hetero) is 1. The third-order valence-electron chi connectivity index (χ3n) is 6.31. The molecule has 1 saturated carbocycles. The Hall–Kier alpha value is -2.41. The molecule has 2 heterocycles. The van der Waals surface area contributed by atoms with Crippen LogP contribution in [0.25, 0.3) is 16.6 Å². The third-order valence-corrected chi connectivity index (χ3v) is 7.75. The molecule has 156 valence electrons. The van der Waals surface area contributed by atoms with Gasteiger partial charge in [0.15, 0.2) is 5.78 Å². The predicted octanol–water partition coefficient (Wildman–Crippen LogP) is 4.90. The molecule has 2 aliphatic carbocycles. The lowest BCUT2D eigenvalue weighted by molar-refractivity contribution is 0.0910. The molecule has 0 radical (unpaired) electrons. The number of hydrogen-bond donors (Lipinski definition) is 1. The Morgan fingerprint density at radius 3 is 2.70 bits per heavy atom. The fourth-order valence-electron chi connectivity index (χ4n) is 4.91. The maximum absolute atomic E-state index is 12.9. The molecular formula is C23H27N5OS. The second kappa shape index (κ2) is 7.08. The zero-order valence-electron chi connectivity index (χ0n) is 17.7. The van der Waals surface area contributed by atoms with Gasteiger partial charge in [-0.2, -0.15) is 5.10 Å². The molecule has 0 amide bonds. The summed E-state index contributed by atoms with van der Waals surface area (Å²) in [5.41, 5.74) is 10.6. The zero-order chi connectivity index (χ0) is 21.0. The van der Waals surface area contributed by atoms with Gasteiger partial charge in [-0.15, -0.1) is 11.8 Å². The number of carbonyl (C=O) groups is 1. The number of anilines is 1. The van der Waals surface area contributed by atoms with Crippen LogP contribution in [0.15, 0.2) is 23.4 Å². The van der Waals surface area contributed by atoms with E-state index in [0.29, 0.717) is 17.5 Å². The second-order valence-corrected chi connectivity index (χ2v) is 10.7. The van der Waals surface area contributed by atoms with Crippen LogP contribution in [0.4, 0.5) is 5.82 Å². The number of carbonyl (C=O) groups excluding carboxylic acids is 1. The first-order valence-corrected chi connectivity index (χ1v) is 11.5. The number of nitrogen functional groups attached to an aromatic ring is 1. The number of nitrogens with two attached hydrogens (primary N) is 1. The smallest absolute Gasteiger partial charge is 0.167 e. The van der Waals surface area contributed by atoms with Crippen molar-refractivity contribution in [3.05, 3.63) is 35.4 Å². The summed E-state index contributed by atoms with van der Waals surface area (Å²) in [5, 5.41) is 6.29. The minimum Gasteiger partial charge on any atom is -0.383 e. The van der Waals surface area contributed by atoms with Crippen molar-refractivity contribution >= 4 is 34.3 Å². The van der Waals surface area contributed by atoms with E-state index in [4.69, 9.17) is 10.8 Å². The number of aryl methyl sites for hydroxylation is 1. The number of rotatable bonds is 3. The first kappa shape index (κ1) is 19.5. The van der Waals surface area contributed by atoms with Crippen LogP contribution in [0.3, 0.4) is 0 Å². The fourth-order valence-corrected chi connectivity index (χ4v) is 6.36. The van der Waals surface area contributed by atoms with Crippen LogP contribution in [0.5, 0.6) is 0 Å². The Balaban J connectivity index is 1.74. The van der Waals surface area contributed by atoms with Crippen molar-refractivity contribution in [1.29, 1.82) is 0 Å². The van der Waals surface area contributed by atoms with E-state index in [-0.39, 0.29) is 11.2 Å². The highest BCUT2D eigenvalue weighted by atomic mass is 32.2. The van der Waals surface area contributed by atoms with Crippen LogP contribution >= 0.6 is 11.8 Å². The normalized spacial score (nSPS) is 18.8. The van der Waals surface area contributed by atoms with Gasteiger partial charge in [0.25, 0.3) is 0 Å². The van der Waals surface area contributed by atoms with Crippen LogP contribution < -0.4 is 5.73 Å². The number of thioether (sulfide) groups is 1. The molecule has 0 aliphatic heterocycles. The maximum atomic E-state index is 12.9. The van der Waals surface area contributed by atoms with E-state index >= 15 is 0 Å². The number of hydrogen-bond acceptors (Lipinski definition) is 6. The van der Waals surface area contributed by atoms with Crippen LogP contribution in [0.2, 0.25) is 0 Å². The molecule has 0 saturated heterocycles. The molecule has 6 nitrogen and oxygen atoms in total. The van der Waals surface area contributed by atoms with E-state index in [9.17, 15) is 4.79 Å². The molecule has 1 aromatic carbocycles. The summed E-state index contributed by atoms with van der Waals surface area (Å²) in [5.74, 6) is 0.692. The van der Waals surface area contributed by atoms with Crippen molar-refractivity contribution in [3.8, 4) is 5.69 Å². The molecule has 0 atom stereocenters. The van der Waals surface area contributed by atoms with Crippen LogP contribution in [0, 0.1) is 12.3 Å². The average Bonchev–Trinajstić information content (AvgIpc) is 3.29. The van der Waals surface area contributed by atoms with E-state index in [2.05, 4.69) is 29.9 Å². The van der Waals surface area contributed by atoms with Gasteiger partial charge in [-0.25, -0.2) is 14.6 Å². The Labute approximate surface area is 180 Å². The standard InChI is InChI=1S/C23H27N5OS/c1-13-19-17(10-23(2,3)11-18(19)29)28(27-13)16-9-8-15-20(25-12-26-22(15)24)21(16)30-14-6-4-5-7-14/h8-9,12,14H,4-7,10-11H2,1-3H3,(H2,24,25,26). The van der Waals surface area contributed by atoms with E-state index < -0.39 is 0 Å². The molecule has 2 aromatic heterocycles. The van der Waals surface area contributed by atoms with Crippen molar-refractivity contribution < 1.29 is 4.79 Å². The van der Waals surface area contributed by atoms with Crippen molar-refractivity contribution in [2.24, 2.45) is 5.41 Å². The maximum Gasteiger partial charge on any atom is 0.167 e. The molecule has 0 unspecified atom stereocenters. The summed E-state index contributed by atoms with van der Waals surface area (Å²) in [6.45, 7) is 6.25. The number of aromatic nitrogens is 4. The number of nitrogens with zero attached hydrogens (tertiary/aromatic N) is 4. The Kier molecular flexibility index (Phi) is 4.61. The lowest BCUT2D eigenvalue weighted by atomic mass is 9.75. The minimum absolute atomic E-state index is 0.0729. The summed E-state index contributed by atoms with van der Waals surface area (Å²) in [6.07, 6.45) is 7.90. The van der Waals surface area contributed by atoms with Crippen LogP contribution in [-0.4, -0.2) is 30.8 Å². The number of fused-ring (bicyclic) bond motifs is 2. The van der Waals surface area contributed by atoms with E-state index in [1.54, 1.807) is 0 Å². The third kappa shape index (κ3) is 3.20. The molecule has 30 heavy (non-hydrogen) atoms. The summed E-state index contributed by atoms with van der Waals surface area (Å²) >= 11 is 1.88. The molecule has 0 bridgehead atoms. The lowest BCUT2D eigenvalue weighted by Gasteiger charge is -2.29. The van der Waals surface area contributed by atoms with Gasteiger partial charge >= 0.3 is 0 Å². The van der Waals surface area contributed by atoms with Gasteiger partial charge in [-0.3, -0.25) is 4.79 Å². The van der Waals surface area contributed by atoms with Crippen LogP contribution in [-0.2, 0) is 6.42 Å². The topological polar surface area (TPSA) is 86.7 Å². The molecule has 0 spiro atoms. The minimum atomic E-state index is -0.0729. The van der Waals surface area contributed by atoms with Gasteiger partial charge in [0, 0.05) is 17.1 Å². The average molecular weight is 422 g/mol. The first-order valence-electron chi connectivity index (χ1n) is 10.7. The van der Waals surface area contributed by atoms with Gasteiger partial charge in [0.05, 0.1) is 33.1 Å². The number of ketones is 1. The highest BCUT2D eigenvalue weighted by Gasteiger charge is 2.36. The van der Waals surface area contributed by atoms with Crippen molar-refractivity contribution in [3.63, 3.8) is 0 Å². The molecule has 5 rings (SSSR count). The first-order chi connectivity index (χ1) is 14.3. The summed E-state index contributed by atoms with van der Waals surface area (Å²) in [6, 6.07) is 4.05. The van der Waals surface area contributed by atoms with E-state index in [1.165, 1.54) is 32.0 Å². The Morgan fingerprint density at radius 1 is 1.17 bits per heavy atom. The van der Waals surface area contributed by atoms with Gasteiger partial charge < -0.3 is 5.73 Å². The summed E-state index contributed by atoms with van der Waals surface area (Å²) in [7, 11) is 0. The molecule has 2 aliphatic rings. The van der Waals surface area contributed by atoms with Gasteiger partial charge in [-0.05, 0) is 43.7 Å². The molecule has 1 fully saturated rings. The van der Waals surface area contributed by atoms with Crippen molar-refractivity contribution in [1.82, 2.24) is 19.7 Å². The SMILES string of the molecule is Cc1nn(-c2ccc3c(N)ncnc3c2SC2CCCC2)c2c1C(=O)CC(C)(C)C2. The lowest BCUT2D eigenvalue weighted by Crippen LogP contribution is -2.28. The second-order valence-electron chi connectivity index (χ2n) is 9.35. The molecule has 3 aromatic rings.